The second kappa shape index (κ2) is 6.53. The average Bonchev–Trinajstić information content (AvgIpc) is 3.05. The van der Waals surface area contributed by atoms with E-state index in [1.807, 2.05) is 4.90 Å². The highest BCUT2D eigenvalue weighted by Gasteiger charge is 2.36. The Hall–Kier alpha value is -1.53. The number of hydrogen-bond acceptors (Lipinski definition) is 2. The number of likely N-dealkylation sites (tertiary alicyclic amines) is 1. The van der Waals surface area contributed by atoms with Crippen molar-refractivity contribution in [3.63, 3.8) is 0 Å². The third kappa shape index (κ3) is 3.70. The van der Waals surface area contributed by atoms with Gasteiger partial charge in [0.2, 0.25) is 5.91 Å². The lowest BCUT2D eigenvalue weighted by molar-refractivity contribution is -0.141. The van der Waals surface area contributed by atoms with Crippen molar-refractivity contribution in [2.45, 2.75) is 57.0 Å². The fraction of sp³-hybridized carbons (Fsp3) is 0.750. The van der Waals surface area contributed by atoms with E-state index in [1.165, 1.54) is 6.42 Å². The highest BCUT2D eigenvalue weighted by Crippen LogP contribution is 2.33. The monoisotopic (exact) mass is 329 g/mol. The van der Waals surface area contributed by atoms with E-state index in [0.29, 0.717) is 18.8 Å². The number of piperidine rings is 1. The molecule has 1 saturated heterocycles. The van der Waals surface area contributed by atoms with Crippen LogP contribution in [0, 0.1) is 5.92 Å². The van der Waals surface area contributed by atoms with Crippen molar-refractivity contribution in [3.8, 4) is 0 Å². The molecule has 7 heteroatoms. The van der Waals surface area contributed by atoms with Crippen LogP contribution in [-0.4, -0.2) is 34.1 Å². The maximum Gasteiger partial charge on any atom is 0.435 e. The van der Waals surface area contributed by atoms with Crippen LogP contribution in [0.1, 0.15) is 62.3 Å². The van der Waals surface area contributed by atoms with Crippen molar-refractivity contribution in [3.05, 3.63) is 17.5 Å². The number of aromatic nitrogens is 2. The van der Waals surface area contributed by atoms with E-state index in [-0.39, 0.29) is 17.7 Å². The minimum absolute atomic E-state index is 0.0834. The highest BCUT2D eigenvalue weighted by atomic mass is 19.4. The zero-order valence-electron chi connectivity index (χ0n) is 13.0. The molecule has 3 rings (SSSR count). The van der Waals surface area contributed by atoms with Crippen molar-refractivity contribution in [2.75, 3.05) is 13.1 Å². The van der Waals surface area contributed by atoms with Crippen LogP contribution in [-0.2, 0) is 11.0 Å². The van der Waals surface area contributed by atoms with E-state index in [4.69, 9.17) is 0 Å². The SMILES string of the molecule is O=C(C1CCCCC1)N1CCC[C@H](c2cc(C(F)(F)F)n[nH]2)C1. The first-order chi connectivity index (χ1) is 10.9. The van der Waals surface area contributed by atoms with Gasteiger partial charge < -0.3 is 4.90 Å². The van der Waals surface area contributed by atoms with E-state index in [0.717, 1.165) is 44.6 Å². The van der Waals surface area contributed by atoms with Crippen molar-refractivity contribution in [1.29, 1.82) is 0 Å². The lowest BCUT2D eigenvalue weighted by Gasteiger charge is -2.35. The standard InChI is InChI=1S/C16H22F3N3O/c17-16(18,19)14-9-13(20-21-14)12-7-4-8-22(10-12)15(23)11-5-2-1-3-6-11/h9,11-12H,1-8,10H2,(H,20,21)/t12-/m0/s1. The first-order valence-electron chi connectivity index (χ1n) is 8.36. The Kier molecular flexibility index (Phi) is 4.64. The minimum atomic E-state index is -4.43. The molecule has 0 spiro atoms. The third-order valence-electron chi connectivity index (χ3n) is 5.02. The van der Waals surface area contributed by atoms with Gasteiger partial charge in [-0.2, -0.15) is 18.3 Å². The van der Waals surface area contributed by atoms with Crippen LogP contribution < -0.4 is 0 Å². The Bertz CT molecular complexity index is 549. The summed E-state index contributed by atoms with van der Waals surface area (Å²) in [5.74, 6) is 0.208. The molecule has 1 aromatic heterocycles. The van der Waals surface area contributed by atoms with Gasteiger partial charge in [-0.15, -0.1) is 0 Å². The summed E-state index contributed by atoms with van der Waals surface area (Å²) in [4.78, 5) is 14.5. The fourth-order valence-electron chi connectivity index (χ4n) is 3.73. The Balaban J connectivity index is 1.66. The molecule has 2 heterocycles. The largest absolute Gasteiger partial charge is 0.435 e. The smallest absolute Gasteiger partial charge is 0.342 e. The quantitative estimate of drug-likeness (QED) is 0.899. The summed E-state index contributed by atoms with van der Waals surface area (Å²) in [5.41, 5.74) is -0.401. The zero-order chi connectivity index (χ0) is 16.4. The molecule has 1 N–H and O–H groups in total. The predicted molar refractivity (Wildman–Crippen MR) is 78.7 cm³/mol. The van der Waals surface area contributed by atoms with Gasteiger partial charge in [-0.25, -0.2) is 0 Å². The summed E-state index contributed by atoms with van der Waals surface area (Å²) in [7, 11) is 0. The lowest BCUT2D eigenvalue weighted by atomic mass is 9.87. The van der Waals surface area contributed by atoms with E-state index in [2.05, 4.69) is 10.2 Å². The zero-order valence-corrected chi connectivity index (χ0v) is 13.0. The minimum Gasteiger partial charge on any atom is -0.342 e. The summed E-state index contributed by atoms with van der Waals surface area (Å²) < 4.78 is 38.0. The third-order valence-corrected chi connectivity index (χ3v) is 5.02. The van der Waals surface area contributed by atoms with Gasteiger partial charge in [-0.05, 0) is 31.7 Å². The van der Waals surface area contributed by atoms with Gasteiger partial charge in [0, 0.05) is 30.6 Å². The molecule has 4 nitrogen and oxygen atoms in total. The number of carbonyl (C=O) groups excluding carboxylic acids is 1. The first kappa shape index (κ1) is 16.3. The Labute approximate surface area is 133 Å². The molecular weight excluding hydrogens is 307 g/mol. The number of nitrogens with one attached hydrogen (secondary N) is 1. The van der Waals surface area contributed by atoms with Gasteiger partial charge in [0.15, 0.2) is 5.69 Å². The number of amides is 1. The second-order valence-corrected chi connectivity index (χ2v) is 6.66. The van der Waals surface area contributed by atoms with Gasteiger partial charge in [0.25, 0.3) is 0 Å². The molecule has 0 aromatic carbocycles. The van der Waals surface area contributed by atoms with E-state index >= 15 is 0 Å². The predicted octanol–water partition coefficient (Wildman–Crippen LogP) is 3.71. The van der Waals surface area contributed by atoms with E-state index in [9.17, 15) is 18.0 Å². The molecule has 0 radical (unpaired) electrons. The molecule has 0 bridgehead atoms. The van der Waals surface area contributed by atoms with Crippen LogP contribution in [0.3, 0.4) is 0 Å². The number of nitrogens with zero attached hydrogens (tertiary/aromatic N) is 2. The van der Waals surface area contributed by atoms with Crippen molar-refractivity contribution < 1.29 is 18.0 Å². The highest BCUT2D eigenvalue weighted by molar-refractivity contribution is 5.79. The molecule has 0 unspecified atom stereocenters. The van der Waals surface area contributed by atoms with E-state index in [1.54, 1.807) is 0 Å². The van der Waals surface area contributed by atoms with Gasteiger partial charge in [-0.1, -0.05) is 19.3 Å². The molecule has 2 aliphatic rings. The Morgan fingerprint density at radius 3 is 2.57 bits per heavy atom. The first-order valence-corrected chi connectivity index (χ1v) is 8.36. The fourth-order valence-corrected chi connectivity index (χ4v) is 3.73. The molecule has 1 saturated carbocycles. The molecular formula is C16H22F3N3O. The lowest BCUT2D eigenvalue weighted by Crippen LogP contribution is -2.42. The van der Waals surface area contributed by atoms with Gasteiger partial charge in [0.05, 0.1) is 0 Å². The summed E-state index contributed by atoms with van der Waals surface area (Å²) in [6.45, 7) is 1.21. The maximum absolute atomic E-state index is 12.7. The molecule has 1 aliphatic heterocycles. The number of halogens is 3. The number of hydrogen-bond donors (Lipinski definition) is 1. The van der Waals surface area contributed by atoms with Gasteiger partial charge in [-0.3, -0.25) is 9.89 Å². The van der Waals surface area contributed by atoms with E-state index < -0.39 is 11.9 Å². The summed E-state index contributed by atoms with van der Waals surface area (Å²) in [5, 5.41) is 5.88. The maximum atomic E-state index is 12.7. The number of aromatic amines is 1. The van der Waals surface area contributed by atoms with Gasteiger partial charge in [0.1, 0.15) is 0 Å². The molecule has 1 atom stereocenters. The summed E-state index contributed by atoms with van der Waals surface area (Å²) in [6.07, 6.45) is 2.47. The number of alkyl halides is 3. The molecule has 1 aliphatic carbocycles. The molecule has 2 fully saturated rings. The summed E-state index contributed by atoms with van der Waals surface area (Å²) in [6, 6.07) is 1.08. The Morgan fingerprint density at radius 2 is 1.91 bits per heavy atom. The van der Waals surface area contributed by atoms with Crippen LogP contribution in [0.4, 0.5) is 13.2 Å². The summed E-state index contributed by atoms with van der Waals surface area (Å²) >= 11 is 0. The number of carbonyl (C=O) groups is 1. The van der Waals surface area contributed by atoms with Crippen molar-refractivity contribution >= 4 is 5.91 Å². The molecule has 1 aromatic rings. The molecule has 1 amide bonds. The van der Waals surface area contributed by atoms with Gasteiger partial charge >= 0.3 is 6.18 Å². The average molecular weight is 329 g/mol. The van der Waals surface area contributed by atoms with Crippen LogP contribution in [0.15, 0.2) is 6.07 Å². The van der Waals surface area contributed by atoms with Crippen LogP contribution in [0.5, 0.6) is 0 Å². The topological polar surface area (TPSA) is 49.0 Å². The van der Waals surface area contributed by atoms with Crippen LogP contribution >= 0.6 is 0 Å². The Morgan fingerprint density at radius 1 is 1.17 bits per heavy atom. The van der Waals surface area contributed by atoms with Crippen LogP contribution in [0.25, 0.3) is 0 Å². The van der Waals surface area contributed by atoms with Crippen molar-refractivity contribution in [2.24, 2.45) is 5.92 Å². The van der Waals surface area contributed by atoms with Crippen LogP contribution in [0.2, 0.25) is 0 Å². The second-order valence-electron chi connectivity index (χ2n) is 6.66. The van der Waals surface area contributed by atoms with Crippen molar-refractivity contribution in [1.82, 2.24) is 15.1 Å². The number of rotatable bonds is 2. The number of H-pyrrole nitrogens is 1. The molecule has 128 valence electrons. The normalized spacial score (nSPS) is 24.0. The molecule has 23 heavy (non-hydrogen) atoms.